The lowest BCUT2D eigenvalue weighted by Gasteiger charge is -2.29. The Kier molecular flexibility index (Phi) is 4.64. The summed E-state index contributed by atoms with van der Waals surface area (Å²) in [6.45, 7) is 7.01. The minimum absolute atomic E-state index is 0.120. The predicted octanol–water partition coefficient (Wildman–Crippen LogP) is 0.551. The summed E-state index contributed by atoms with van der Waals surface area (Å²) in [6, 6.07) is 0.120. The van der Waals surface area contributed by atoms with Crippen LogP contribution < -0.4 is 10.0 Å². The quantitative estimate of drug-likeness (QED) is 0.788. The molecule has 5 nitrogen and oxygen atoms in total. The molecule has 0 spiro atoms. The largest absolute Gasteiger partial charge is 0.314 e. The highest BCUT2D eigenvalue weighted by molar-refractivity contribution is 7.87. The van der Waals surface area contributed by atoms with Crippen LogP contribution in [-0.4, -0.2) is 44.9 Å². The summed E-state index contributed by atoms with van der Waals surface area (Å²) in [7, 11) is -3.29. The van der Waals surface area contributed by atoms with E-state index in [9.17, 15) is 8.42 Å². The van der Waals surface area contributed by atoms with Gasteiger partial charge in [-0.25, -0.2) is 0 Å². The average Bonchev–Trinajstić information content (AvgIpc) is 2.71. The predicted molar refractivity (Wildman–Crippen MR) is 72.5 cm³/mol. The molecule has 0 aromatic carbocycles. The van der Waals surface area contributed by atoms with E-state index in [0.29, 0.717) is 24.9 Å². The molecule has 1 aliphatic heterocycles. The van der Waals surface area contributed by atoms with Crippen LogP contribution in [0.2, 0.25) is 0 Å². The first-order valence-corrected chi connectivity index (χ1v) is 8.46. The summed E-state index contributed by atoms with van der Waals surface area (Å²) in [5.74, 6) is 1.12. The van der Waals surface area contributed by atoms with Gasteiger partial charge in [0.25, 0.3) is 10.2 Å². The van der Waals surface area contributed by atoms with E-state index in [1.807, 2.05) is 0 Å². The van der Waals surface area contributed by atoms with Gasteiger partial charge in [0.1, 0.15) is 0 Å². The minimum Gasteiger partial charge on any atom is -0.314 e. The highest BCUT2D eigenvalue weighted by atomic mass is 32.2. The van der Waals surface area contributed by atoms with Crippen molar-refractivity contribution >= 4 is 10.2 Å². The fourth-order valence-electron chi connectivity index (χ4n) is 3.14. The summed E-state index contributed by atoms with van der Waals surface area (Å²) in [5, 5.41) is 3.17. The maximum atomic E-state index is 12.3. The van der Waals surface area contributed by atoms with Gasteiger partial charge in [0.15, 0.2) is 0 Å². The van der Waals surface area contributed by atoms with E-state index in [2.05, 4.69) is 23.9 Å². The fourth-order valence-corrected chi connectivity index (χ4v) is 4.67. The molecule has 18 heavy (non-hydrogen) atoms. The zero-order chi connectivity index (χ0) is 13.2. The number of nitrogens with one attached hydrogen (secondary N) is 2. The van der Waals surface area contributed by atoms with Gasteiger partial charge in [-0.2, -0.15) is 17.4 Å². The van der Waals surface area contributed by atoms with Crippen molar-refractivity contribution in [3.05, 3.63) is 0 Å². The van der Waals surface area contributed by atoms with Crippen molar-refractivity contribution in [3.63, 3.8) is 0 Å². The van der Waals surface area contributed by atoms with Crippen LogP contribution in [0.1, 0.15) is 33.1 Å². The van der Waals surface area contributed by atoms with Crippen molar-refractivity contribution in [1.82, 2.24) is 14.3 Å². The van der Waals surface area contributed by atoms with Gasteiger partial charge in [-0.05, 0) is 24.7 Å². The normalized spacial score (nSPS) is 34.9. The SMILES string of the molecule is CCC1CCC(NS(=O)(=O)N2CCNCC2)C1C. The van der Waals surface area contributed by atoms with Crippen LogP contribution in [0.25, 0.3) is 0 Å². The van der Waals surface area contributed by atoms with E-state index >= 15 is 0 Å². The van der Waals surface area contributed by atoms with Gasteiger partial charge in [-0.1, -0.05) is 20.3 Å². The maximum Gasteiger partial charge on any atom is 0.279 e. The standard InChI is InChI=1S/C12H25N3O2S/c1-3-11-4-5-12(10(11)2)14-18(16,17)15-8-6-13-7-9-15/h10-14H,3-9H2,1-2H3. The van der Waals surface area contributed by atoms with Crippen molar-refractivity contribution in [3.8, 4) is 0 Å². The molecule has 1 saturated carbocycles. The molecule has 0 radical (unpaired) electrons. The van der Waals surface area contributed by atoms with Crippen molar-refractivity contribution in [2.45, 2.75) is 39.2 Å². The summed E-state index contributed by atoms with van der Waals surface area (Å²) in [4.78, 5) is 0. The average molecular weight is 275 g/mol. The van der Waals surface area contributed by atoms with E-state index in [-0.39, 0.29) is 6.04 Å². The second-order valence-corrected chi connectivity index (χ2v) is 7.19. The highest BCUT2D eigenvalue weighted by Crippen LogP contribution is 2.34. The summed E-state index contributed by atoms with van der Waals surface area (Å²) in [6.07, 6.45) is 3.27. The molecule has 106 valence electrons. The molecule has 2 aliphatic rings. The Morgan fingerprint density at radius 3 is 2.50 bits per heavy atom. The van der Waals surface area contributed by atoms with Crippen molar-refractivity contribution in [2.24, 2.45) is 11.8 Å². The van der Waals surface area contributed by atoms with Crippen LogP contribution >= 0.6 is 0 Å². The van der Waals surface area contributed by atoms with Crippen LogP contribution in [0.3, 0.4) is 0 Å². The first-order chi connectivity index (χ1) is 8.54. The van der Waals surface area contributed by atoms with Crippen LogP contribution in [0.15, 0.2) is 0 Å². The van der Waals surface area contributed by atoms with E-state index < -0.39 is 10.2 Å². The van der Waals surface area contributed by atoms with Gasteiger partial charge in [-0.15, -0.1) is 0 Å². The molecular weight excluding hydrogens is 250 g/mol. The molecule has 1 saturated heterocycles. The van der Waals surface area contributed by atoms with Crippen molar-refractivity contribution in [2.75, 3.05) is 26.2 Å². The van der Waals surface area contributed by atoms with Crippen LogP contribution in [0.5, 0.6) is 0 Å². The van der Waals surface area contributed by atoms with Crippen molar-refractivity contribution < 1.29 is 8.42 Å². The fraction of sp³-hybridized carbons (Fsp3) is 1.00. The lowest BCUT2D eigenvalue weighted by Crippen LogP contribution is -2.53. The number of nitrogens with zero attached hydrogens (tertiary/aromatic N) is 1. The zero-order valence-corrected chi connectivity index (χ0v) is 12.2. The molecular formula is C12H25N3O2S. The molecule has 3 atom stereocenters. The number of hydrogen-bond donors (Lipinski definition) is 2. The monoisotopic (exact) mass is 275 g/mol. The molecule has 1 aliphatic carbocycles. The second kappa shape index (κ2) is 5.86. The molecule has 2 fully saturated rings. The van der Waals surface area contributed by atoms with Gasteiger partial charge in [0.2, 0.25) is 0 Å². The molecule has 2 rings (SSSR count). The Labute approximate surface area is 110 Å². The molecule has 0 aromatic heterocycles. The van der Waals surface area contributed by atoms with Gasteiger partial charge in [-0.3, -0.25) is 0 Å². The highest BCUT2D eigenvalue weighted by Gasteiger charge is 2.35. The molecule has 0 bridgehead atoms. The lowest BCUT2D eigenvalue weighted by molar-refractivity contribution is 0.334. The van der Waals surface area contributed by atoms with Gasteiger partial charge >= 0.3 is 0 Å². The van der Waals surface area contributed by atoms with Crippen LogP contribution in [0, 0.1) is 11.8 Å². The first kappa shape index (κ1) is 14.2. The lowest BCUT2D eigenvalue weighted by atomic mass is 9.94. The Morgan fingerprint density at radius 1 is 1.28 bits per heavy atom. The second-order valence-electron chi connectivity index (χ2n) is 5.48. The number of piperazine rings is 1. The van der Waals surface area contributed by atoms with Crippen molar-refractivity contribution in [1.29, 1.82) is 0 Å². The van der Waals surface area contributed by atoms with E-state index in [0.717, 1.165) is 32.4 Å². The Hall–Kier alpha value is -0.170. The molecule has 1 heterocycles. The molecule has 2 N–H and O–H groups in total. The minimum atomic E-state index is -3.29. The van der Waals surface area contributed by atoms with Gasteiger partial charge in [0, 0.05) is 32.2 Å². The third kappa shape index (κ3) is 3.04. The number of hydrogen-bond acceptors (Lipinski definition) is 3. The van der Waals surface area contributed by atoms with Gasteiger partial charge in [0.05, 0.1) is 0 Å². The van der Waals surface area contributed by atoms with Gasteiger partial charge < -0.3 is 5.32 Å². The summed E-state index contributed by atoms with van der Waals surface area (Å²) < 4.78 is 29.0. The van der Waals surface area contributed by atoms with E-state index in [1.165, 1.54) is 0 Å². The Balaban J connectivity index is 1.96. The third-order valence-corrected chi connectivity index (χ3v) is 6.11. The van der Waals surface area contributed by atoms with E-state index in [1.54, 1.807) is 4.31 Å². The smallest absolute Gasteiger partial charge is 0.279 e. The Morgan fingerprint density at radius 2 is 1.94 bits per heavy atom. The first-order valence-electron chi connectivity index (χ1n) is 7.02. The van der Waals surface area contributed by atoms with E-state index in [4.69, 9.17) is 0 Å². The van der Waals surface area contributed by atoms with Crippen LogP contribution in [0.4, 0.5) is 0 Å². The molecule has 6 heteroatoms. The topological polar surface area (TPSA) is 61.4 Å². The molecule has 0 amide bonds. The van der Waals surface area contributed by atoms with Crippen LogP contribution in [-0.2, 0) is 10.2 Å². The summed E-state index contributed by atoms with van der Waals surface area (Å²) in [5.41, 5.74) is 0. The Bertz CT molecular complexity index is 366. The third-order valence-electron chi connectivity index (χ3n) is 4.47. The maximum absolute atomic E-state index is 12.3. The molecule has 0 aromatic rings. The molecule has 3 unspecified atom stereocenters. The number of rotatable bonds is 4. The summed E-state index contributed by atoms with van der Waals surface area (Å²) >= 11 is 0. The zero-order valence-electron chi connectivity index (χ0n) is 11.4.